The summed E-state index contributed by atoms with van der Waals surface area (Å²) in [5.41, 5.74) is 5.57. The first-order chi connectivity index (χ1) is 21.2. The minimum Gasteiger partial charge on any atom is -0.444 e. The molecule has 2 aromatic carbocycles. The van der Waals surface area contributed by atoms with E-state index in [1.165, 1.54) is 0 Å². The molecule has 11 nitrogen and oxygen atoms in total. The molecule has 0 radical (unpaired) electrons. The van der Waals surface area contributed by atoms with Crippen molar-refractivity contribution in [1.29, 1.82) is 0 Å². The molecule has 1 atom stereocenters. The third-order valence-electron chi connectivity index (χ3n) is 7.47. The van der Waals surface area contributed by atoms with Crippen molar-refractivity contribution in [3.63, 3.8) is 0 Å². The zero-order valence-electron chi connectivity index (χ0n) is 25.2. The second-order valence-electron chi connectivity index (χ2n) is 11.8. The van der Waals surface area contributed by atoms with E-state index in [1.54, 1.807) is 35.8 Å². The van der Waals surface area contributed by atoms with Crippen LogP contribution >= 0.6 is 0 Å². The molecule has 0 bridgehead atoms. The Bertz CT molecular complexity index is 1850. The predicted octanol–water partition coefficient (Wildman–Crippen LogP) is 5.29. The van der Waals surface area contributed by atoms with E-state index in [4.69, 9.17) is 9.47 Å². The van der Waals surface area contributed by atoms with Crippen molar-refractivity contribution in [2.45, 2.75) is 32.4 Å². The van der Waals surface area contributed by atoms with Crippen molar-refractivity contribution in [2.75, 3.05) is 31.6 Å². The van der Waals surface area contributed by atoms with Crippen molar-refractivity contribution in [1.82, 2.24) is 29.7 Å². The molecular weight excluding hydrogens is 558 g/mol. The molecule has 4 heterocycles. The average molecular weight is 594 g/mol. The molecule has 0 spiro atoms. The van der Waals surface area contributed by atoms with Crippen molar-refractivity contribution >= 4 is 45.3 Å². The number of anilines is 2. The Balaban J connectivity index is 1.25. The summed E-state index contributed by atoms with van der Waals surface area (Å²) in [4.78, 5) is 41.3. The van der Waals surface area contributed by atoms with Crippen molar-refractivity contribution in [3.8, 4) is 11.1 Å². The number of ether oxygens (including phenoxy) is 2. The average Bonchev–Trinajstić information content (AvgIpc) is 3.38. The Hall–Kier alpha value is -5.03. The van der Waals surface area contributed by atoms with E-state index in [1.807, 2.05) is 46.1 Å². The van der Waals surface area contributed by atoms with Gasteiger partial charge in [-0.15, -0.1) is 0 Å². The minimum atomic E-state index is -0.622. The van der Waals surface area contributed by atoms with Crippen LogP contribution in [0.5, 0.6) is 0 Å². The number of amides is 2. The van der Waals surface area contributed by atoms with E-state index in [0.29, 0.717) is 36.5 Å². The van der Waals surface area contributed by atoms with Gasteiger partial charge in [0, 0.05) is 61.7 Å². The number of benzene rings is 2. The number of carbonyl (C=O) groups excluding carboxylic acids is 2. The Labute approximate surface area is 255 Å². The van der Waals surface area contributed by atoms with Crippen LogP contribution in [-0.2, 0) is 16.5 Å². The van der Waals surface area contributed by atoms with Gasteiger partial charge in [-0.2, -0.15) is 0 Å². The summed E-state index contributed by atoms with van der Waals surface area (Å²) in [6.07, 6.45) is 8.15. The highest BCUT2D eigenvalue weighted by Crippen LogP contribution is 2.33. The second-order valence-corrected chi connectivity index (χ2v) is 11.8. The number of rotatable bonds is 6. The third kappa shape index (κ3) is 6.18. The van der Waals surface area contributed by atoms with E-state index < -0.39 is 11.7 Å². The van der Waals surface area contributed by atoms with Crippen LogP contribution in [0.15, 0.2) is 73.4 Å². The van der Waals surface area contributed by atoms with Crippen LogP contribution in [0, 0.1) is 0 Å². The number of hydrogen-bond donors (Lipinski definition) is 2. The fourth-order valence-corrected chi connectivity index (χ4v) is 5.34. The van der Waals surface area contributed by atoms with E-state index in [-0.39, 0.29) is 18.5 Å². The molecule has 11 heteroatoms. The lowest BCUT2D eigenvalue weighted by Crippen LogP contribution is -2.54. The molecule has 1 aliphatic rings. The molecule has 1 saturated heterocycles. The molecule has 226 valence electrons. The topological polar surface area (TPSA) is 124 Å². The lowest BCUT2D eigenvalue weighted by atomic mass is 10.0. The van der Waals surface area contributed by atoms with Gasteiger partial charge in [0.25, 0.3) is 5.91 Å². The molecule has 44 heavy (non-hydrogen) atoms. The Morgan fingerprint density at radius 2 is 1.91 bits per heavy atom. The van der Waals surface area contributed by atoms with Crippen LogP contribution in [0.2, 0.25) is 0 Å². The van der Waals surface area contributed by atoms with Gasteiger partial charge in [0.05, 0.1) is 47.7 Å². The number of carbonyl (C=O) groups is 2. The van der Waals surface area contributed by atoms with Crippen LogP contribution in [0.1, 0.15) is 31.1 Å². The SMILES string of the molecule is Cn1ccc2ccc(-c3cc(Nc4cnccc4C(=O)NCC4COCCN4C(=O)OC(C)(C)C)cc4nccnc34)cc21. The minimum absolute atomic E-state index is 0.206. The molecule has 2 N–H and O–H groups in total. The van der Waals surface area contributed by atoms with Crippen LogP contribution in [-0.4, -0.2) is 74.4 Å². The van der Waals surface area contributed by atoms with Crippen LogP contribution < -0.4 is 10.6 Å². The van der Waals surface area contributed by atoms with Crippen LogP contribution in [0.3, 0.4) is 0 Å². The van der Waals surface area contributed by atoms with Gasteiger partial charge in [-0.25, -0.2) is 4.79 Å². The monoisotopic (exact) mass is 593 g/mol. The summed E-state index contributed by atoms with van der Waals surface area (Å²) in [7, 11) is 2.02. The smallest absolute Gasteiger partial charge is 0.410 e. The third-order valence-corrected chi connectivity index (χ3v) is 7.47. The van der Waals surface area contributed by atoms with Crippen LogP contribution in [0.4, 0.5) is 16.2 Å². The number of hydrogen-bond acceptors (Lipinski definition) is 8. The van der Waals surface area contributed by atoms with Gasteiger partial charge < -0.3 is 24.7 Å². The molecule has 1 aliphatic heterocycles. The van der Waals surface area contributed by atoms with Gasteiger partial charge in [0.1, 0.15) is 5.60 Å². The number of aromatic nitrogens is 4. The summed E-state index contributed by atoms with van der Waals surface area (Å²) in [5.74, 6) is -0.306. The maximum atomic E-state index is 13.5. The Morgan fingerprint density at radius 1 is 1.07 bits per heavy atom. The standard InChI is InChI=1S/C33H35N7O4/c1-33(2,3)44-32(42)40-13-14-43-20-24(40)18-37-31(41)25-7-9-34-19-28(25)38-23-16-26(30-27(17-23)35-10-11-36-30)22-6-5-21-8-12-39(4)29(21)15-22/h5-12,15-17,19,24,38H,13-14,18,20H2,1-4H3,(H,37,41). The summed E-state index contributed by atoms with van der Waals surface area (Å²) in [6, 6.07) is 13.6. The van der Waals surface area contributed by atoms with Gasteiger partial charge in [-0.3, -0.25) is 24.6 Å². The molecule has 0 aliphatic carbocycles. The zero-order valence-corrected chi connectivity index (χ0v) is 25.2. The molecular formula is C33H35N7O4. The van der Waals surface area contributed by atoms with Gasteiger partial charge in [-0.1, -0.05) is 12.1 Å². The van der Waals surface area contributed by atoms with Gasteiger partial charge in [-0.05, 0) is 62.1 Å². The van der Waals surface area contributed by atoms with Crippen molar-refractivity contribution in [2.24, 2.45) is 7.05 Å². The number of morpholine rings is 1. The summed E-state index contributed by atoms with van der Waals surface area (Å²) < 4.78 is 13.3. The first-order valence-electron chi connectivity index (χ1n) is 14.5. The number of pyridine rings is 1. The van der Waals surface area contributed by atoms with Gasteiger partial charge in [0.2, 0.25) is 0 Å². The molecule has 2 amide bonds. The highest BCUT2D eigenvalue weighted by molar-refractivity contribution is 6.01. The lowest BCUT2D eigenvalue weighted by Gasteiger charge is -2.36. The summed E-state index contributed by atoms with van der Waals surface area (Å²) >= 11 is 0. The van der Waals surface area contributed by atoms with Gasteiger partial charge >= 0.3 is 6.09 Å². The normalized spacial score (nSPS) is 15.4. The first kappa shape index (κ1) is 29.1. The first-order valence-corrected chi connectivity index (χ1v) is 14.5. The van der Waals surface area contributed by atoms with Crippen LogP contribution in [0.25, 0.3) is 33.1 Å². The Morgan fingerprint density at radius 3 is 2.75 bits per heavy atom. The predicted molar refractivity (Wildman–Crippen MR) is 169 cm³/mol. The summed E-state index contributed by atoms with van der Waals surface area (Å²) in [5, 5.41) is 7.51. The van der Waals surface area contributed by atoms with E-state index in [2.05, 4.69) is 54.4 Å². The fourth-order valence-electron chi connectivity index (χ4n) is 5.34. The molecule has 1 fully saturated rings. The second kappa shape index (κ2) is 11.9. The quantitative estimate of drug-likeness (QED) is 0.272. The maximum absolute atomic E-state index is 13.5. The molecule has 3 aromatic heterocycles. The lowest BCUT2D eigenvalue weighted by molar-refractivity contribution is -0.0314. The Kier molecular flexibility index (Phi) is 7.88. The van der Waals surface area contributed by atoms with Gasteiger partial charge in [0.15, 0.2) is 0 Å². The van der Waals surface area contributed by atoms with Crippen molar-refractivity contribution < 1.29 is 19.1 Å². The summed E-state index contributed by atoms with van der Waals surface area (Å²) in [6.45, 7) is 6.79. The highest BCUT2D eigenvalue weighted by atomic mass is 16.6. The number of aryl methyl sites for hydroxylation is 1. The maximum Gasteiger partial charge on any atom is 0.410 e. The van der Waals surface area contributed by atoms with E-state index in [0.717, 1.165) is 33.2 Å². The largest absolute Gasteiger partial charge is 0.444 e. The van der Waals surface area contributed by atoms with E-state index in [9.17, 15) is 9.59 Å². The van der Waals surface area contributed by atoms with Crippen molar-refractivity contribution in [3.05, 3.63) is 79.0 Å². The molecule has 6 rings (SSSR count). The van der Waals surface area contributed by atoms with E-state index >= 15 is 0 Å². The highest BCUT2D eigenvalue weighted by Gasteiger charge is 2.31. The number of nitrogens with one attached hydrogen (secondary N) is 2. The number of fused-ring (bicyclic) bond motifs is 2. The molecule has 5 aromatic rings. The fraction of sp³-hybridized carbons (Fsp3) is 0.303. The zero-order chi connectivity index (χ0) is 30.8. The molecule has 1 unspecified atom stereocenters. The number of nitrogens with zero attached hydrogens (tertiary/aromatic N) is 5. The molecule has 0 saturated carbocycles.